The lowest BCUT2D eigenvalue weighted by molar-refractivity contribution is 0.164. The molecule has 0 aromatic heterocycles. The maximum absolute atomic E-state index is 13.0. The van der Waals surface area contributed by atoms with E-state index >= 15 is 0 Å². The predicted octanol–water partition coefficient (Wildman–Crippen LogP) is 4.71. The molecule has 0 spiro atoms. The third kappa shape index (κ3) is 3.82. The van der Waals surface area contributed by atoms with Crippen molar-refractivity contribution < 1.29 is 13.6 Å². The van der Waals surface area contributed by atoms with Gasteiger partial charge in [0.25, 0.3) is 0 Å². The van der Waals surface area contributed by atoms with E-state index in [2.05, 4.69) is 20.8 Å². The standard InChI is InChI=1S/C14H29O3P/c1-6-16-18(15,17-7-2)14-10-12(5)8-9-13(14)11(3)4/h11-14H,6-10H2,1-5H3. The van der Waals surface area contributed by atoms with Crippen LogP contribution in [0.5, 0.6) is 0 Å². The van der Waals surface area contributed by atoms with Crippen LogP contribution in [0.2, 0.25) is 0 Å². The SMILES string of the molecule is CCOP(=O)(OCC)C1CC(C)CCC1C(C)C. The van der Waals surface area contributed by atoms with Crippen molar-refractivity contribution in [1.82, 2.24) is 0 Å². The molecule has 3 atom stereocenters. The van der Waals surface area contributed by atoms with Crippen molar-refractivity contribution in [2.45, 2.75) is 59.5 Å². The van der Waals surface area contributed by atoms with Gasteiger partial charge in [-0.3, -0.25) is 4.57 Å². The number of rotatable bonds is 6. The van der Waals surface area contributed by atoms with E-state index in [9.17, 15) is 4.57 Å². The first-order valence-electron chi connectivity index (χ1n) is 7.33. The minimum absolute atomic E-state index is 0.0844. The largest absolute Gasteiger partial charge is 0.333 e. The topological polar surface area (TPSA) is 35.5 Å². The van der Waals surface area contributed by atoms with Crippen LogP contribution in [0.15, 0.2) is 0 Å². The van der Waals surface area contributed by atoms with Crippen molar-refractivity contribution in [3.63, 3.8) is 0 Å². The molecule has 108 valence electrons. The molecule has 3 unspecified atom stereocenters. The molecule has 0 bridgehead atoms. The first-order chi connectivity index (χ1) is 8.44. The molecular weight excluding hydrogens is 247 g/mol. The minimum atomic E-state index is -2.94. The molecule has 3 nitrogen and oxygen atoms in total. The highest BCUT2D eigenvalue weighted by Gasteiger charge is 2.44. The molecule has 1 aliphatic carbocycles. The summed E-state index contributed by atoms with van der Waals surface area (Å²) >= 11 is 0. The molecule has 0 aromatic rings. The number of hydrogen-bond donors (Lipinski definition) is 0. The van der Waals surface area contributed by atoms with Crippen LogP contribution in [0, 0.1) is 17.8 Å². The van der Waals surface area contributed by atoms with Crippen LogP contribution in [-0.4, -0.2) is 18.9 Å². The average Bonchev–Trinajstić information content (AvgIpc) is 2.29. The Morgan fingerprint density at radius 1 is 1.17 bits per heavy atom. The fourth-order valence-electron chi connectivity index (χ4n) is 3.10. The van der Waals surface area contributed by atoms with Crippen LogP contribution in [0.25, 0.3) is 0 Å². The summed E-state index contributed by atoms with van der Waals surface area (Å²) in [7, 11) is -2.94. The van der Waals surface area contributed by atoms with E-state index in [0.29, 0.717) is 31.0 Å². The molecule has 1 aliphatic rings. The Morgan fingerprint density at radius 2 is 1.72 bits per heavy atom. The quantitative estimate of drug-likeness (QED) is 0.659. The van der Waals surface area contributed by atoms with E-state index in [0.717, 1.165) is 12.8 Å². The van der Waals surface area contributed by atoms with E-state index in [4.69, 9.17) is 9.05 Å². The summed E-state index contributed by atoms with van der Waals surface area (Å²) in [6, 6.07) is 0. The van der Waals surface area contributed by atoms with Gasteiger partial charge in [0.2, 0.25) is 0 Å². The lowest BCUT2D eigenvalue weighted by Crippen LogP contribution is -2.33. The second-order valence-corrected chi connectivity index (χ2v) is 8.03. The van der Waals surface area contributed by atoms with Crippen molar-refractivity contribution in [3.05, 3.63) is 0 Å². The maximum atomic E-state index is 13.0. The Hall–Kier alpha value is 0.150. The van der Waals surface area contributed by atoms with Gasteiger partial charge >= 0.3 is 7.60 Å². The molecule has 0 aliphatic heterocycles. The first-order valence-corrected chi connectivity index (χ1v) is 8.94. The number of hydrogen-bond acceptors (Lipinski definition) is 3. The zero-order chi connectivity index (χ0) is 13.8. The van der Waals surface area contributed by atoms with Crippen LogP contribution in [-0.2, 0) is 13.6 Å². The molecule has 0 amide bonds. The molecule has 1 rings (SSSR count). The highest BCUT2D eigenvalue weighted by atomic mass is 31.2. The van der Waals surface area contributed by atoms with E-state index in [1.807, 2.05) is 13.8 Å². The normalized spacial score (nSPS) is 29.8. The summed E-state index contributed by atoms with van der Waals surface area (Å²) in [6.07, 6.45) is 3.35. The van der Waals surface area contributed by atoms with Crippen molar-refractivity contribution in [2.24, 2.45) is 17.8 Å². The smallest absolute Gasteiger partial charge is 0.309 e. The third-order valence-corrected chi connectivity index (χ3v) is 6.65. The van der Waals surface area contributed by atoms with Gasteiger partial charge < -0.3 is 9.05 Å². The lowest BCUT2D eigenvalue weighted by Gasteiger charge is -2.40. The van der Waals surface area contributed by atoms with Gasteiger partial charge in [-0.2, -0.15) is 0 Å². The summed E-state index contributed by atoms with van der Waals surface area (Å²) in [4.78, 5) is 0. The molecule has 0 heterocycles. The van der Waals surface area contributed by atoms with Gasteiger partial charge in [0.15, 0.2) is 0 Å². The van der Waals surface area contributed by atoms with Crippen LogP contribution < -0.4 is 0 Å². The Morgan fingerprint density at radius 3 is 2.17 bits per heavy atom. The van der Waals surface area contributed by atoms with E-state index < -0.39 is 7.60 Å². The van der Waals surface area contributed by atoms with Gasteiger partial charge in [-0.05, 0) is 44.4 Å². The average molecular weight is 276 g/mol. The Kier molecular flexibility index (Phi) is 6.37. The summed E-state index contributed by atoms with van der Waals surface area (Å²) in [5.41, 5.74) is 0.0844. The van der Waals surface area contributed by atoms with Crippen molar-refractivity contribution >= 4 is 7.60 Å². The van der Waals surface area contributed by atoms with Gasteiger partial charge in [-0.1, -0.05) is 27.2 Å². The fourth-order valence-corrected chi connectivity index (χ4v) is 5.86. The molecule has 18 heavy (non-hydrogen) atoms. The maximum Gasteiger partial charge on any atom is 0.333 e. The minimum Gasteiger partial charge on any atom is -0.309 e. The second kappa shape index (κ2) is 7.07. The van der Waals surface area contributed by atoms with E-state index in [1.165, 1.54) is 6.42 Å². The Bertz CT molecular complexity index is 281. The molecule has 1 fully saturated rings. The predicted molar refractivity (Wildman–Crippen MR) is 76.0 cm³/mol. The third-order valence-electron chi connectivity index (χ3n) is 4.01. The van der Waals surface area contributed by atoms with Gasteiger partial charge in [0.1, 0.15) is 0 Å². The molecular formula is C14H29O3P. The zero-order valence-corrected chi connectivity index (χ0v) is 13.4. The summed E-state index contributed by atoms with van der Waals surface area (Å²) in [5, 5.41) is 0. The molecule has 1 saturated carbocycles. The van der Waals surface area contributed by atoms with Crippen LogP contribution >= 0.6 is 7.60 Å². The fraction of sp³-hybridized carbons (Fsp3) is 1.00. The van der Waals surface area contributed by atoms with Gasteiger partial charge in [0.05, 0.1) is 18.9 Å². The van der Waals surface area contributed by atoms with Crippen LogP contribution in [0.3, 0.4) is 0 Å². The Labute approximate surface area is 112 Å². The summed E-state index contributed by atoms with van der Waals surface area (Å²) in [5.74, 6) is 1.63. The highest BCUT2D eigenvalue weighted by Crippen LogP contribution is 2.60. The van der Waals surface area contributed by atoms with Crippen molar-refractivity contribution in [3.8, 4) is 0 Å². The van der Waals surface area contributed by atoms with E-state index in [1.54, 1.807) is 0 Å². The summed E-state index contributed by atoms with van der Waals surface area (Å²) in [6.45, 7) is 11.4. The van der Waals surface area contributed by atoms with E-state index in [-0.39, 0.29) is 5.66 Å². The zero-order valence-electron chi connectivity index (χ0n) is 12.5. The molecule has 0 saturated heterocycles. The second-order valence-electron chi connectivity index (χ2n) is 5.77. The first kappa shape index (κ1) is 16.2. The van der Waals surface area contributed by atoms with Crippen LogP contribution in [0.1, 0.15) is 53.9 Å². The van der Waals surface area contributed by atoms with Crippen LogP contribution in [0.4, 0.5) is 0 Å². The van der Waals surface area contributed by atoms with Gasteiger partial charge in [0, 0.05) is 0 Å². The Balaban J connectivity index is 2.93. The van der Waals surface area contributed by atoms with Gasteiger partial charge in [-0.25, -0.2) is 0 Å². The van der Waals surface area contributed by atoms with Crippen molar-refractivity contribution in [1.29, 1.82) is 0 Å². The van der Waals surface area contributed by atoms with Gasteiger partial charge in [-0.15, -0.1) is 0 Å². The molecule has 0 N–H and O–H groups in total. The molecule has 0 aromatic carbocycles. The summed E-state index contributed by atoms with van der Waals surface area (Å²) < 4.78 is 24.1. The monoisotopic (exact) mass is 276 g/mol. The highest BCUT2D eigenvalue weighted by molar-refractivity contribution is 7.54. The lowest BCUT2D eigenvalue weighted by atomic mass is 9.77. The molecule has 0 radical (unpaired) electrons. The molecule has 4 heteroatoms. The van der Waals surface area contributed by atoms with Crippen molar-refractivity contribution in [2.75, 3.05) is 13.2 Å².